The second-order valence-electron chi connectivity index (χ2n) is 4.16. The van der Waals surface area contributed by atoms with E-state index in [1.54, 1.807) is 23.1 Å². The van der Waals surface area contributed by atoms with E-state index in [2.05, 4.69) is 35.3 Å². The Morgan fingerprint density at radius 3 is 2.72 bits per heavy atom. The molecule has 18 heavy (non-hydrogen) atoms. The van der Waals surface area contributed by atoms with Crippen molar-refractivity contribution < 1.29 is 0 Å². The molecule has 0 spiro atoms. The molecule has 0 saturated heterocycles. The predicted octanol–water partition coefficient (Wildman–Crippen LogP) is 2.52. The fourth-order valence-corrected chi connectivity index (χ4v) is 3.33. The van der Waals surface area contributed by atoms with E-state index in [0.717, 1.165) is 19.9 Å². The standard InChI is InChI=1S/C12H16N4S2/c1-8-4-5-10(9(6-8)7-13)17-12-15-14-11(18-12)16(2)3/h4-6H,7,13H2,1-3H3. The van der Waals surface area contributed by atoms with Crippen molar-refractivity contribution in [2.24, 2.45) is 5.73 Å². The van der Waals surface area contributed by atoms with E-state index >= 15 is 0 Å². The first-order chi connectivity index (χ1) is 8.60. The van der Waals surface area contributed by atoms with Crippen LogP contribution in [-0.4, -0.2) is 24.3 Å². The fourth-order valence-electron chi connectivity index (χ4n) is 1.49. The first kappa shape index (κ1) is 13.3. The minimum absolute atomic E-state index is 0.545. The van der Waals surface area contributed by atoms with Gasteiger partial charge < -0.3 is 10.6 Å². The van der Waals surface area contributed by atoms with Crippen LogP contribution in [0.25, 0.3) is 0 Å². The highest BCUT2D eigenvalue weighted by atomic mass is 32.2. The lowest BCUT2D eigenvalue weighted by Crippen LogP contribution is -2.07. The molecule has 0 amide bonds. The Labute approximate surface area is 115 Å². The molecule has 0 aliphatic rings. The van der Waals surface area contributed by atoms with Crippen LogP contribution in [0.1, 0.15) is 11.1 Å². The topological polar surface area (TPSA) is 55.0 Å². The molecule has 1 aromatic carbocycles. The van der Waals surface area contributed by atoms with Gasteiger partial charge in [-0.25, -0.2) is 0 Å². The highest BCUT2D eigenvalue weighted by Gasteiger charge is 2.09. The molecular weight excluding hydrogens is 264 g/mol. The average molecular weight is 280 g/mol. The van der Waals surface area contributed by atoms with Gasteiger partial charge in [-0.05, 0) is 18.6 Å². The van der Waals surface area contributed by atoms with E-state index in [1.807, 2.05) is 19.0 Å². The lowest BCUT2D eigenvalue weighted by molar-refractivity contribution is 0.969. The van der Waals surface area contributed by atoms with Crippen molar-refractivity contribution in [1.29, 1.82) is 0 Å². The summed E-state index contributed by atoms with van der Waals surface area (Å²) in [6.45, 7) is 2.62. The molecule has 0 aliphatic carbocycles. The molecule has 6 heteroatoms. The van der Waals surface area contributed by atoms with E-state index < -0.39 is 0 Å². The number of rotatable bonds is 4. The lowest BCUT2D eigenvalue weighted by Gasteiger charge is -2.06. The minimum Gasteiger partial charge on any atom is -0.353 e. The van der Waals surface area contributed by atoms with Crippen molar-refractivity contribution >= 4 is 28.2 Å². The summed E-state index contributed by atoms with van der Waals surface area (Å²) < 4.78 is 0.942. The second kappa shape index (κ2) is 5.69. The zero-order valence-electron chi connectivity index (χ0n) is 10.7. The maximum atomic E-state index is 5.77. The van der Waals surface area contributed by atoms with Crippen molar-refractivity contribution in [2.45, 2.75) is 22.7 Å². The smallest absolute Gasteiger partial charge is 0.208 e. The number of hydrogen-bond acceptors (Lipinski definition) is 6. The summed E-state index contributed by atoms with van der Waals surface area (Å²) in [6.07, 6.45) is 0. The van der Waals surface area contributed by atoms with Crippen LogP contribution >= 0.6 is 23.1 Å². The summed E-state index contributed by atoms with van der Waals surface area (Å²) in [5.41, 5.74) is 8.15. The normalized spacial score (nSPS) is 10.7. The van der Waals surface area contributed by atoms with Gasteiger partial charge in [0.15, 0.2) is 4.34 Å². The quantitative estimate of drug-likeness (QED) is 0.932. The molecule has 1 aromatic heterocycles. The number of anilines is 1. The van der Waals surface area contributed by atoms with E-state index in [0.29, 0.717) is 6.54 Å². The van der Waals surface area contributed by atoms with Crippen molar-refractivity contribution in [3.63, 3.8) is 0 Å². The van der Waals surface area contributed by atoms with E-state index in [-0.39, 0.29) is 0 Å². The summed E-state index contributed by atoms with van der Waals surface area (Å²) in [7, 11) is 3.93. The highest BCUT2D eigenvalue weighted by molar-refractivity contribution is 8.01. The molecule has 0 saturated carbocycles. The van der Waals surface area contributed by atoms with E-state index in [4.69, 9.17) is 5.73 Å². The highest BCUT2D eigenvalue weighted by Crippen LogP contribution is 2.34. The third kappa shape index (κ3) is 3.01. The van der Waals surface area contributed by atoms with E-state index in [9.17, 15) is 0 Å². The molecular formula is C12H16N4S2. The molecule has 2 rings (SSSR count). The molecule has 0 radical (unpaired) electrons. The van der Waals surface area contributed by atoms with Gasteiger partial charge in [-0.1, -0.05) is 40.8 Å². The Bertz CT molecular complexity index is 537. The van der Waals surface area contributed by atoms with Crippen LogP contribution in [0.4, 0.5) is 5.13 Å². The van der Waals surface area contributed by atoms with Gasteiger partial charge in [-0.15, -0.1) is 10.2 Å². The summed E-state index contributed by atoms with van der Waals surface area (Å²) in [5.74, 6) is 0. The first-order valence-electron chi connectivity index (χ1n) is 5.58. The molecule has 96 valence electrons. The zero-order chi connectivity index (χ0) is 13.1. The van der Waals surface area contributed by atoms with Crippen LogP contribution < -0.4 is 10.6 Å². The fraction of sp³-hybridized carbons (Fsp3) is 0.333. The molecule has 0 bridgehead atoms. The Hall–Kier alpha value is -1.11. The predicted molar refractivity (Wildman–Crippen MR) is 77.4 cm³/mol. The average Bonchev–Trinajstić information content (AvgIpc) is 2.80. The summed E-state index contributed by atoms with van der Waals surface area (Å²) in [6, 6.07) is 6.31. The van der Waals surface area contributed by atoms with Gasteiger partial charge in [0.25, 0.3) is 0 Å². The summed E-state index contributed by atoms with van der Waals surface area (Å²) in [5, 5.41) is 9.22. The largest absolute Gasteiger partial charge is 0.353 e. The van der Waals surface area contributed by atoms with Crippen LogP contribution in [-0.2, 0) is 6.54 Å². The number of aryl methyl sites for hydroxylation is 1. The van der Waals surface area contributed by atoms with E-state index in [1.165, 1.54) is 5.56 Å². The number of nitrogens with two attached hydrogens (primary N) is 1. The van der Waals surface area contributed by atoms with Crippen molar-refractivity contribution in [1.82, 2.24) is 10.2 Å². The van der Waals surface area contributed by atoms with Crippen molar-refractivity contribution in [3.05, 3.63) is 29.3 Å². The van der Waals surface area contributed by atoms with Gasteiger partial charge in [0, 0.05) is 25.5 Å². The number of aromatic nitrogens is 2. The lowest BCUT2D eigenvalue weighted by atomic mass is 10.1. The van der Waals surface area contributed by atoms with Gasteiger partial charge in [-0.3, -0.25) is 0 Å². The SMILES string of the molecule is Cc1ccc(Sc2nnc(N(C)C)s2)c(CN)c1. The van der Waals surface area contributed by atoms with Crippen molar-refractivity contribution in [2.75, 3.05) is 19.0 Å². The molecule has 0 unspecified atom stereocenters. The van der Waals surface area contributed by atoms with Gasteiger partial charge in [0.2, 0.25) is 5.13 Å². The number of hydrogen-bond donors (Lipinski definition) is 1. The molecule has 0 fully saturated rings. The molecule has 4 nitrogen and oxygen atoms in total. The van der Waals surface area contributed by atoms with Crippen LogP contribution in [0.3, 0.4) is 0 Å². The Balaban J connectivity index is 2.22. The van der Waals surface area contributed by atoms with Crippen LogP contribution in [0.15, 0.2) is 27.4 Å². The second-order valence-corrected chi connectivity index (χ2v) is 6.41. The molecule has 0 atom stereocenters. The van der Waals surface area contributed by atoms with Gasteiger partial charge in [-0.2, -0.15) is 0 Å². The minimum atomic E-state index is 0.545. The number of benzene rings is 1. The van der Waals surface area contributed by atoms with Crippen LogP contribution in [0.5, 0.6) is 0 Å². The maximum absolute atomic E-state index is 5.77. The third-order valence-electron chi connectivity index (χ3n) is 2.41. The first-order valence-corrected chi connectivity index (χ1v) is 7.21. The third-order valence-corrected chi connectivity index (χ3v) is 4.67. The number of nitrogens with zero attached hydrogens (tertiary/aromatic N) is 3. The molecule has 2 aromatic rings. The van der Waals surface area contributed by atoms with Gasteiger partial charge in [0.1, 0.15) is 0 Å². The Morgan fingerprint density at radius 2 is 2.11 bits per heavy atom. The Morgan fingerprint density at radius 1 is 1.33 bits per heavy atom. The van der Waals surface area contributed by atoms with Crippen molar-refractivity contribution in [3.8, 4) is 0 Å². The van der Waals surface area contributed by atoms with Gasteiger partial charge in [0.05, 0.1) is 0 Å². The zero-order valence-corrected chi connectivity index (χ0v) is 12.3. The summed E-state index contributed by atoms with van der Waals surface area (Å²) in [4.78, 5) is 3.12. The summed E-state index contributed by atoms with van der Waals surface area (Å²) >= 11 is 3.21. The maximum Gasteiger partial charge on any atom is 0.208 e. The molecule has 1 heterocycles. The molecule has 0 aliphatic heterocycles. The van der Waals surface area contributed by atoms with Crippen LogP contribution in [0, 0.1) is 6.92 Å². The van der Waals surface area contributed by atoms with Crippen LogP contribution in [0.2, 0.25) is 0 Å². The molecule has 2 N–H and O–H groups in total. The monoisotopic (exact) mass is 280 g/mol. The Kier molecular flexibility index (Phi) is 4.21. The van der Waals surface area contributed by atoms with Gasteiger partial charge >= 0.3 is 0 Å².